The first kappa shape index (κ1) is 12.1. The van der Waals surface area contributed by atoms with Crippen molar-refractivity contribution in [3.8, 4) is 5.75 Å². The molecular formula is C9H9ClF3NO. The fraction of sp³-hybridized carbons (Fsp3) is 0.444. The molecule has 0 N–H and O–H groups in total. The van der Waals surface area contributed by atoms with Crippen molar-refractivity contribution in [1.29, 1.82) is 0 Å². The molecule has 15 heavy (non-hydrogen) atoms. The molecule has 1 rings (SSSR count). The molecule has 1 aromatic rings. The van der Waals surface area contributed by atoms with Gasteiger partial charge in [0, 0.05) is 6.42 Å². The summed E-state index contributed by atoms with van der Waals surface area (Å²) in [6, 6.07) is 3.07. The predicted octanol–water partition coefficient (Wildman–Crippen LogP) is 3.46. The predicted molar refractivity (Wildman–Crippen MR) is 50.0 cm³/mol. The van der Waals surface area contributed by atoms with Gasteiger partial charge in [-0.05, 0) is 18.6 Å². The second-order valence-corrected chi connectivity index (χ2v) is 3.27. The van der Waals surface area contributed by atoms with Gasteiger partial charge in [-0.15, -0.1) is 0 Å². The number of halogens is 4. The highest BCUT2D eigenvalue weighted by atomic mass is 35.5. The molecule has 0 unspecified atom stereocenters. The van der Waals surface area contributed by atoms with E-state index in [4.69, 9.17) is 16.3 Å². The molecule has 0 bridgehead atoms. The van der Waals surface area contributed by atoms with Crippen LogP contribution in [0.1, 0.15) is 12.8 Å². The van der Waals surface area contributed by atoms with Crippen LogP contribution in [0.15, 0.2) is 18.3 Å². The number of alkyl halides is 3. The summed E-state index contributed by atoms with van der Waals surface area (Å²) in [6.07, 6.45) is -3.66. The van der Waals surface area contributed by atoms with Crippen molar-refractivity contribution in [2.45, 2.75) is 19.0 Å². The minimum Gasteiger partial charge on any atom is -0.492 e. The summed E-state index contributed by atoms with van der Waals surface area (Å²) >= 11 is 5.52. The number of rotatable bonds is 4. The molecule has 2 nitrogen and oxygen atoms in total. The highest BCUT2D eigenvalue weighted by molar-refractivity contribution is 6.29. The monoisotopic (exact) mass is 239 g/mol. The van der Waals surface area contributed by atoms with Crippen LogP contribution in [-0.4, -0.2) is 17.8 Å². The summed E-state index contributed by atoms with van der Waals surface area (Å²) in [6.45, 7) is 0.0167. The zero-order valence-corrected chi connectivity index (χ0v) is 8.48. The SMILES string of the molecule is FC(F)(F)CCCOc1ccc(Cl)nc1. The zero-order chi connectivity index (χ0) is 11.3. The molecule has 0 saturated heterocycles. The van der Waals surface area contributed by atoms with Crippen LogP contribution in [0.2, 0.25) is 5.15 Å². The molecular weight excluding hydrogens is 231 g/mol. The van der Waals surface area contributed by atoms with Gasteiger partial charge >= 0.3 is 6.18 Å². The lowest BCUT2D eigenvalue weighted by Crippen LogP contribution is -2.09. The van der Waals surface area contributed by atoms with Crippen LogP contribution >= 0.6 is 11.6 Å². The third kappa shape index (κ3) is 5.47. The molecule has 0 spiro atoms. The van der Waals surface area contributed by atoms with Crippen molar-refractivity contribution in [1.82, 2.24) is 4.98 Å². The fourth-order valence-corrected chi connectivity index (χ4v) is 1.02. The van der Waals surface area contributed by atoms with Crippen molar-refractivity contribution >= 4 is 11.6 Å². The lowest BCUT2D eigenvalue weighted by molar-refractivity contribution is -0.136. The Morgan fingerprint density at radius 2 is 2.07 bits per heavy atom. The maximum Gasteiger partial charge on any atom is 0.389 e. The number of aromatic nitrogens is 1. The fourth-order valence-electron chi connectivity index (χ4n) is 0.910. The van der Waals surface area contributed by atoms with Gasteiger partial charge in [0.2, 0.25) is 0 Å². The Balaban J connectivity index is 2.23. The highest BCUT2D eigenvalue weighted by Gasteiger charge is 2.26. The minimum absolute atomic E-state index is 0.0167. The largest absolute Gasteiger partial charge is 0.492 e. The number of hydrogen-bond acceptors (Lipinski definition) is 2. The third-order valence-electron chi connectivity index (χ3n) is 1.57. The molecule has 84 valence electrons. The number of pyridine rings is 1. The van der Waals surface area contributed by atoms with Gasteiger partial charge in [0.05, 0.1) is 12.8 Å². The quantitative estimate of drug-likeness (QED) is 0.593. The molecule has 0 aliphatic rings. The summed E-state index contributed by atoms with van der Waals surface area (Å²) < 4.78 is 40.3. The van der Waals surface area contributed by atoms with Crippen molar-refractivity contribution < 1.29 is 17.9 Å². The summed E-state index contributed by atoms with van der Waals surface area (Å²) in [4.78, 5) is 3.72. The lowest BCUT2D eigenvalue weighted by Gasteiger charge is -2.07. The smallest absolute Gasteiger partial charge is 0.389 e. The molecule has 0 aliphatic carbocycles. The average Bonchev–Trinajstić information content (AvgIpc) is 2.14. The molecule has 0 saturated carbocycles. The van der Waals surface area contributed by atoms with Crippen LogP contribution in [0, 0.1) is 0 Å². The van der Waals surface area contributed by atoms with Crippen LogP contribution in [0.3, 0.4) is 0 Å². The van der Waals surface area contributed by atoms with E-state index in [2.05, 4.69) is 4.98 Å². The molecule has 1 aromatic heterocycles. The van der Waals surface area contributed by atoms with Crippen LogP contribution < -0.4 is 4.74 Å². The first-order valence-electron chi connectivity index (χ1n) is 4.28. The van der Waals surface area contributed by atoms with Crippen molar-refractivity contribution in [3.05, 3.63) is 23.5 Å². The molecule has 0 atom stereocenters. The molecule has 0 amide bonds. The molecule has 6 heteroatoms. The highest BCUT2D eigenvalue weighted by Crippen LogP contribution is 2.21. The number of hydrogen-bond donors (Lipinski definition) is 0. The summed E-state index contributed by atoms with van der Waals surface area (Å²) in [5.74, 6) is 0.418. The van der Waals surface area contributed by atoms with Gasteiger partial charge in [-0.2, -0.15) is 13.2 Å². The third-order valence-corrected chi connectivity index (χ3v) is 1.80. The maximum atomic E-state index is 11.7. The van der Waals surface area contributed by atoms with Gasteiger partial charge in [0.1, 0.15) is 10.9 Å². The van der Waals surface area contributed by atoms with Gasteiger partial charge in [0.15, 0.2) is 0 Å². The molecule has 0 aromatic carbocycles. The van der Waals surface area contributed by atoms with E-state index in [1.807, 2.05) is 0 Å². The van der Waals surface area contributed by atoms with Crippen LogP contribution in [0.25, 0.3) is 0 Å². The Morgan fingerprint density at radius 3 is 2.60 bits per heavy atom. The van der Waals surface area contributed by atoms with E-state index in [9.17, 15) is 13.2 Å². The van der Waals surface area contributed by atoms with Crippen LogP contribution in [0.4, 0.5) is 13.2 Å². The van der Waals surface area contributed by atoms with E-state index in [1.54, 1.807) is 6.07 Å². The Morgan fingerprint density at radius 1 is 1.33 bits per heavy atom. The Kier molecular flexibility index (Phi) is 4.20. The van der Waals surface area contributed by atoms with Gasteiger partial charge in [-0.25, -0.2) is 4.98 Å². The van der Waals surface area contributed by atoms with E-state index >= 15 is 0 Å². The summed E-state index contributed by atoms with van der Waals surface area (Å²) in [7, 11) is 0. The lowest BCUT2D eigenvalue weighted by atomic mass is 10.3. The van der Waals surface area contributed by atoms with E-state index in [0.717, 1.165) is 0 Å². The van der Waals surface area contributed by atoms with Gasteiger partial charge in [0.25, 0.3) is 0 Å². The van der Waals surface area contributed by atoms with Crippen LogP contribution in [-0.2, 0) is 0 Å². The normalized spacial score (nSPS) is 11.5. The standard InChI is InChI=1S/C9H9ClF3NO/c10-8-3-2-7(6-14-8)15-5-1-4-9(11,12)13/h2-3,6H,1,4-5H2. The van der Waals surface area contributed by atoms with Gasteiger partial charge in [-0.1, -0.05) is 11.6 Å². The molecule has 0 aliphatic heterocycles. The Hall–Kier alpha value is -0.970. The summed E-state index contributed by atoms with van der Waals surface area (Å²) in [5.41, 5.74) is 0. The molecule has 0 fully saturated rings. The first-order valence-corrected chi connectivity index (χ1v) is 4.66. The topological polar surface area (TPSA) is 22.1 Å². The average molecular weight is 240 g/mol. The second-order valence-electron chi connectivity index (χ2n) is 2.88. The van der Waals surface area contributed by atoms with Gasteiger partial charge < -0.3 is 4.74 Å². The van der Waals surface area contributed by atoms with E-state index < -0.39 is 12.6 Å². The van der Waals surface area contributed by atoms with E-state index in [1.165, 1.54) is 12.3 Å². The molecule has 1 heterocycles. The Bertz CT molecular complexity index is 299. The summed E-state index contributed by atoms with van der Waals surface area (Å²) in [5, 5.41) is 0.317. The Labute approximate surface area is 90.0 Å². The number of nitrogens with zero attached hydrogens (tertiary/aromatic N) is 1. The second kappa shape index (κ2) is 5.21. The van der Waals surface area contributed by atoms with Crippen molar-refractivity contribution in [2.24, 2.45) is 0 Å². The zero-order valence-electron chi connectivity index (χ0n) is 7.72. The minimum atomic E-state index is -4.12. The van der Waals surface area contributed by atoms with Crippen molar-refractivity contribution in [2.75, 3.05) is 6.61 Å². The number of ether oxygens (including phenoxy) is 1. The van der Waals surface area contributed by atoms with E-state index in [-0.39, 0.29) is 13.0 Å². The molecule has 0 radical (unpaired) electrons. The maximum absolute atomic E-state index is 11.7. The van der Waals surface area contributed by atoms with Crippen LogP contribution in [0.5, 0.6) is 5.75 Å². The van der Waals surface area contributed by atoms with Gasteiger partial charge in [-0.3, -0.25) is 0 Å². The van der Waals surface area contributed by atoms with Crippen molar-refractivity contribution in [3.63, 3.8) is 0 Å². The first-order chi connectivity index (χ1) is 6.97. The van der Waals surface area contributed by atoms with E-state index in [0.29, 0.717) is 10.9 Å².